The van der Waals surface area contributed by atoms with Gasteiger partial charge in [0.05, 0.1) is 19.5 Å². The molecule has 0 saturated carbocycles. The maximum Gasteiger partial charge on any atom is 0.481 e. The Balaban J connectivity index is 1.55. The molecule has 7 atom stereocenters. The van der Waals surface area contributed by atoms with E-state index < -0.39 is 84.6 Å². The molecule has 52 heavy (non-hydrogen) atoms. The zero-order valence-electron chi connectivity index (χ0n) is 27.9. The number of ether oxygens (including phenoxy) is 1. The number of Topliss-reactive ketones (excluding diaryl/α,β-unsaturated/α-hetero) is 1. The van der Waals surface area contributed by atoms with Crippen molar-refractivity contribution in [2.24, 2.45) is 5.41 Å². The van der Waals surface area contributed by atoms with Crippen LogP contribution < -0.4 is 16.4 Å². The smallest absolute Gasteiger partial charge is 0.386 e. The number of nitrogens with one attached hydrogen (secondary N) is 2. The number of ketones is 1. The van der Waals surface area contributed by atoms with Gasteiger partial charge >= 0.3 is 23.5 Å². The third-order valence-corrected chi connectivity index (χ3v) is 10.3. The van der Waals surface area contributed by atoms with Crippen LogP contribution in [0.2, 0.25) is 0 Å². The van der Waals surface area contributed by atoms with Gasteiger partial charge in [-0.1, -0.05) is 20.4 Å². The number of carbonyl (C=O) groups is 3. The second-order valence-corrected chi connectivity index (χ2v) is 16.3. The quantitative estimate of drug-likeness (QED) is 0.0569. The average molecular weight is 804 g/mol. The number of carbonyl (C=O) groups excluding carboxylic acids is 3. The van der Waals surface area contributed by atoms with Gasteiger partial charge in [-0.25, -0.2) is 28.6 Å². The second-order valence-electron chi connectivity index (χ2n) is 12.0. The maximum atomic E-state index is 12.6. The molecule has 27 heteroatoms. The van der Waals surface area contributed by atoms with Crippen molar-refractivity contribution >= 4 is 58.0 Å². The SMILES string of the molecule is C=C(C)C(=O)CCNC(=O)CCNC(=O)C(O)C(C)(C)COP(=O)(O)OP(=O)(O)OCC1OC(n2cnc3c(N)ncnc32)C(O)C1OP(=O)(O)O. The van der Waals surface area contributed by atoms with Gasteiger partial charge < -0.3 is 50.9 Å². The molecule has 3 rings (SSSR count). The Hall–Kier alpha value is -3.05. The molecule has 24 nitrogen and oxygen atoms in total. The van der Waals surface area contributed by atoms with E-state index in [0.29, 0.717) is 5.57 Å². The second kappa shape index (κ2) is 17.4. The van der Waals surface area contributed by atoms with Crippen LogP contribution in [-0.2, 0) is 50.7 Å². The molecule has 0 bridgehead atoms. The summed E-state index contributed by atoms with van der Waals surface area (Å²) in [4.78, 5) is 86.7. The minimum absolute atomic E-state index is 0.0284. The van der Waals surface area contributed by atoms with Crippen molar-refractivity contribution in [1.29, 1.82) is 0 Å². The third-order valence-electron chi connectivity index (χ3n) is 7.23. The van der Waals surface area contributed by atoms with E-state index >= 15 is 0 Å². The largest absolute Gasteiger partial charge is 0.481 e. The van der Waals surface area contributed by atoms with Crippen LogP contribution in [0.1, 0.15) is 39.8 Å². The first-order chi connectivity index (χ1) is 23.9. The Morgan fingerprint density at radius 2 is 1.69 bits per heavy atom. The molecule has 1 saturated heterocycles. The highest BCUT2D eigenvalue weighted by Crippen LogP contribution is 2.61. The summed E-state index contributed by atoms with van der Waals surface area (Å²) in [7, 11) is -16.4. The Labute approximate surface area is 295 Å². The van der Waals surface area contributed by atoms with Crippen molar-refractivity contribution in [3.8, 4) is 0 Å². The third kappa shape index (κ3) is 12.3. The van der Waals surface area contributed by atoms with Crippen molar-refractivity contribution in [1.82, 2.24) is 30.2 Å². The van der Waals surface area contributed by atoms with E-state index in [2.05, 4.69) is 41.0 Å². The molecular formula is C25H40N7O17P3. The molecular weight excluding hydrogens is 763 g/mol. The fraction of sp³-hybridized carbons (Fsp3) is 0.600. The number of fused-ring (bicyclic) bond motifs is 1. The minimum Gasteiger partial charge on any atom is -0.386 e. The number of nitrogens with zero attached hydrogens (tertiary/aromatic N) is 4. The van der Waals surface area contributed by atoms with Crippen molar-refractivity contribution in [2.75, 3.05) is 32.0 Å². The monoisotopic (exact) mass is 803 g/mol. The van der Waals surface area contributed by atoms with E-state index in [0.717, 1.165) is 17.2 Å². The Bertz CT molecular complexity index is 1790. The summed E-state index contributed by atoms with van der Waals surface area (Å²) >= 11 is 0. The summed E-state index contributed by atoms with van der Waals surface area (Å²) in [6, 6.07) is 0. The van der Waals surface area contributed by atoms with Crippen LogP contribution in [0.5, 0.6) is 0 Å². The molecule has 292 valence electrons. The minimum atomic E-state index is -5.57. The highest BCUT2D eigenvalue weighted by Gasteiger charge is 2.50. The number of aliphatic hydroxyl groups excluding tert-OH is 2. The van der Waals surface area contributed by atoms with Gasteiger partial charge in [0, 0.05) is 31.3 Å². The first kappa shape index (κ1) is 43.4. The lowest BCUT2D eigenvalue weighted by Crippen LogP contribution is -2.46. The number of amides is 2. The Morgan fingerprint density at radius 1 is 1.06 bits per heavy atom. The predicted molar refractivity (Wildman–Crippen MR) is 174 cm³/mol. The van der Waals surface area contributed by atoms with E-state index in [1.165, 1.54) is 20.8 Å². The summed E-state index contributed by atoms with van der Waals surface area (Å²) in [6.45, 7) is 5.32. The van der Waals surface area contributed by atoms with Gasteiger partial charge in [0.15, 0.2) is 23.5 Å². The molecule has 2 amide bonds. The van der Waals surface area contributed by atoms with E-state index in [1.54, 1.807) is 0 Å². The molecule has 0 spiro atoms. The van der Waals surface area contributed by atoms with E-state index in [-0.39, 0.29) is 48.7 Å². The molecule has 2 aromatic heterocycles. The molecule has 3 heterocycles. The Kier molecular flexibility index (Phi) is 14.5. The molecule has 0 aliphatic carbocycles. The van der Waals surface area contributed by atoms with Gasteiger partial charge in [-0.2, -0.15) is 4.31 Å². The lowest BCUT2D eigenvalue weighted by Gasteiger charge is -2.30. The van der Waals surface area contributed by atoms with E-state index in [9.17, 15) is 57.9 Å². The first-order valence-electron chi connectivity index (χ1n) is 15.0. The number of nitrogens with two attached hydrogens (primary N) is 1. The standard InChI is InChI=1S/C25H40N7O17P3/c1-13(2)14(33)5-7-27-16(34)6-8-28-23(37)20(36)25(3,4)10-46-52(43,44)49-51(41,42)45-9-15-19(48-50(38,39)40)18(35)24(47-15)32-12-31-17-21(26)29-11-30-22(17)32/h11-12,15,18-20,24,35-36H,1,5-10H2,2-4H3,(H,27,34)(H,28,37)(H,41,42)(H,43,44)(H2,26,29,30)(H2,38,39,40). The molecule has 0 radical (unpaired) electrons. The van der Waals surface area contributed by atoms with Crippen molar-refractivity contribution in [3.05, 3.63) is 24.8 Å². The normalized spacial score (nSPS) is 22.3. The molecule has 7 unspecified atom stereocenters. The average Bonchev–Trinajstić information content (AvgIpc) is 3.58. The number of phosphoric acid groups is 3. The van der Waals surface area contributed by atoms with Gasteiger partial charge in [-0.3, -0.25) is 32.5 Å². The summed E-state index contributed by atoms with van der Waals surface area (Å²) < 4.78 is 61.9. The van der Waals surface area contributed by atoms with Crippen LogP contribution in [0.25, 0.3) is 11.2 Å². The number of anilines is 1. The van der Waals surface area contributed by atoms with Gasteiger partial charge in [-0.05, 0) is 12.5 Å². The summed E-state index contributed by atoms with van der Waals surface area (Å²) in [5.41, 5.74) is 4.58. The van der Waals surface area contributed by atoms with Gasteiger partial charge in [-0.15, -0.1) is 0 Å². The van der Waals surface area contributed by atoms with E-state index in [1.807, 2.05) is 0 Å². The molecule has 10 N–H and O–H groups in total. The fourth-order valence-corrected chi connectivity index (χ4v) is 7.30. The summed E-state index contributed by atoms with van der Waals surface area (Å²) in [6.07, 6.45) is -6.92. The maximum absolute atomic E-state index is 12.6. The van der Waals surface area contributed by atoms with Crippen molar-refractivity contribution in [2.45, 2.75) is 64.3 Å². The Morgan fingerprint density at radius 3 is 2.33 bits per heavy atom. The highest BCUT2D eigenvalue weighted by atomic mass is 31.3. The lowest BCUT2D eigenvalue weighted by molar-refractivity contribution is -0.137. The zero-order chi connectivity index (χ0) is 39.2. The van der Waals surface area contributed by atoms with Crippen LogP contribution >= 0.6 is 23.5 Å². The van der Waals surface area contributed by atoms with Crippen LogP contribution in [0, 0.1) is 5.41 Å². The summed E-state index contributed by atoms with van der Waals surface area (Å²) in [5, 5.41) is 26.1. The number of nitrogen functional groups attached to an aromatic ring is 1. The number of rotatable bonds is 20. The number of imidazole rings is 1. The molecule has 1 aliphatic rings. The number of aliphatic hydroxyl groups is 2. The molecule has 1 aliphatic heterocycles. The number of allylic oxidation sites excluding steroid dienone is 1. The molecule has 1 fully saturated rings. The van der Waals surface area contributed by atoms with E-state index in [4.69, 9.17) is 19.5 Å². The van der Waals surface area contributed by atoms with Crippen LogP contribution in [0.4, 0.5) is 5.82 Å². The van der Waals surface area contributed by atoms with Crippen LogP contribution in [-0.4, -0.2) is 118 Å². The highest BCUT2D eigenvalue weighted by molar-refractivity contribution is 7.61. The predicted octanol–water partition coefficient (Wildman–Crippen LogP) is -1.06. The molecule has 2 aromatic rings. The topological polar surface area (TPSA) is 364 Å². The summed E-state index contributed by atoms with van der Waals surface area (Å²) in [5.74, 6) is -1.76. The first-order valence-corrected chi connectivity index (χ1v) is 19.5. The van der Waals surface area contributed by atoms with Crippen molar-refractivity contribution in [3.63, 3.8) is 0 Å². The number of hydrogen-bond acceptors (Lipinski definition) is 17. The number of hydrogen-bond donors (Lipinski definition) is 9. The fourth-order valence-electron chi connectivity index (χ4n) is 4.47. The van der Waals surface area contributed by atoms with Gasteiger partial charge in [0.25, 0.3) is 0 Å². The van der Waals surface area contributed by atoms with Crippen LogP contribution in [0.3, 0.4) is 0 Å². The molecule has 0 aromatic carbocycles. The van der Waals surface area contributed by atoms with Crippen LogP contribution in [0.15, 0.2) is 24.8 Å². The number of phosphoric ester groups is 3. The van der Waals surface area contributed by atoms with Gasteiger partial charge in [0.1, 0.15) is 36.3 Å². The lowest BCUT2D eigenvalue weighted by atomic mass is 9.87. The number of aromatic nitrogens is 4. The zero-order valence-corrected chi connectivity index (χ0v) is 30.6. The van der Waals surface area contributed by atoms with Gasteiger partial charge in [0.2, 0.25) is 11.8 Å². The van der Waals surface area contributed by atoms with Crippen molar-refractivity contribution < 1.29 is 80.5 Å².